The maximum Gasteiger partial charge on any atom is 0.191 e. The zero-order chi connectivity index (χ0) is 18.6. The van der Waals surface area contributed by atoms with Crippen LogP contribution in [-0.2, 0) is 17.0 Å². The molecule has 5 nitrogen and oxygen atoms in total. The number of benzene rings is 2. The molecule has 2 aromatic heterocycles. The van der Waals surface area contributed by atoms with Crippen LogP contribution in [0.15, 0.2) is 59.9 Å². The Balaban J connectivity index is 1.66. The predicted molar refractivity (Wildman–Crippen MR) is 105 cm³/mol. The number of thioether (sulfide) groups is 1. The molecule has 0 spiro atoms. The first kappa shape index (κ1) is 17.8. The van der Waals surface area contributed by atoms with Crippen molar-refractivity contribution in [2.24, 2.45) is 0 Å². The van der Waals surface area contributed by atoms with Crippen molar-refractivity contribution in [3.63, 3.8) is 0 Å². The van der Waals surface area contributed by atoms with Crippen molar-refractivity contribution < 1.29 is 9.13 Å². The molecule has 27 heavy (non-hydrogen) atoms. The van der Waals surface area contributed by atoms with E-state index in [0.717, 1.165) is 33.0 Å². The van der Waals surface area contributed by atoms with Gasteiger partial charge in [-0.25, -0.2) is 4.39 Å². The molecule has 0 bridgehead atoms. The number of para-hydroxylation sites is 1. The number of hydrogen-bond acceptors (Lipinski definition) is 4. The van der Waals surface area contributed by atoms with Crippen LogP contribution in [0.1, 0.15) is 5.56 Å². The molecule has 0 amide bonds. The van der Waals surface area contributed by atoms with Crippen LogP contribution in [0.4, 0.5) is 4.39 Å². The summed E-state index contributed by atoms with van der Waals surface area (Å²) in [6, 6.07) is 14.7. The van der Waals surface area contributed by atoms with Gasteiger partial charge in [0, 0.05) is 35.5 Å². The van der Waals surface area contributed by atoms with Crippen LogP contribution >= 0.6 is 11.8 Å². The number of hydrogen-bond donors (Lipinski definition) is 1. The molecule has 4 aromatic rings. The van der Waals surface area contributed by atoms with Gasteiger partial charge in [0.25, 0.3) is 0 Å². The van der Waals surface area contributed by atoms with Gasteiger partial charge in [0.1, 0.15) is 5.82 Å². The van der Waals surface area contributed by atoms with Crippen molar-refractivity contribution in [3.8, 4) is 11.4 Å². The van der Waals surface area contributed by atoms with Crippen LogP contribution < -0.4 is 0 Å². The van der Waals surface area contributed by atoms with Crippen LogP contribution in [0.2, 0.25) is 0 Å². The zero-order valence-corrected chi connectivity index (χ0v) is 15.7. The van der Waals surface area contributed by atoms with Crippen molar-refractivity contribution in [2.75, 3.05) is 13.7 Å². The Morgan fingerprint density at radius 3 is 2.89 bits per heavy atom. The predicted octanol–water partition coefficient (Wildman–Crippen LogP) is 4.50. The number of rotatable bonds is 7. The molecule has 0 saturated carbocycles. The fourth-order valence-corrected chi connectivity index (χ4v) is 3.92. The van der Waals surface area contributed by atoms with Crippen molar-refractivity contribution in [1.82, 2.24) is 19.7 Å². The largest absolute Gasteiger partial charge is 0.383 e. The van der Waals surface area contributed by atoms with Gasteiger partial charge in [0.05, 0.1) is 13.2 Å². The molecule has 0 unspecified atom stereocenters. The summed E-state index contributed by atoms with van der Waals surface area (Å²) >= 11 is 1.54. The highest BCUT2D eigenvalue weighted by molar-refractivity contribution is 7.98. The monoisotopic (exact) mass is 382 g/mol. The standard InChI is InChI=1S/C20H19FN4OS/c1-26-10-9-25-19(17-12-22-18-8-3-2-7-16(17)18)23-24-20(25)27-13-14-5-4-6-15(21)11-14/h2-8,11-12,22H,9-10,13H2,1H3. The highest BCUT2D eigenvalue weighted by Gasteiger charge is 2.17. The van der Waals surface area contributed by atoms with Crippen molar-refractivity contribution >= 4 is 22.7 Å². The number of nitrogens with zero attached hydrogens (tertiary/aromatic N) is 3. The Morgan fingerprint density at radius 2 is 2.04 bits per heavy atom. The maximum absolute atomic E-state index is 13.4. The van der Waals surface area contributed by atoms with E-state index in [1.807, 2.05) is 30.5 Å². The SMILES string of the molecule is COCCn1c(SCc2cccc(F)c2)nnc1-c1c[nH]c2ccccc12. The Labute approximate surface area is 160 Å². The zero-order valence-electron chi connectivity index (χ0n) is 14.9. The second-order valence-corrected chi connectivity index (χ2v) is 7.06. The third-order valence-electron chi connectivity index (χ3n) is 4.32. The molecule has 0 fully saturated rings. The average Bonchev–Trinajstić information content (AvgIpc) is 3.28. The lowest BCUT2D eigenvalue weighted by molar-refractivity contribution is 0.185. The first-order valence-electron chi connectivity index (χ1n) is 8.62. The number of nitrogens with one attached hydrogen (secondary N) is 1. The highest BCUT2D eigenvalue weighted by atomic mass is 32.2. The quantitative estimate of drug-likeness (QED) is 0.478. The summed E-state index contributed by atoms with van der Waals surface area (Å²) in [5, 5.41) is 10.7. The normalized spacial score (nSPS) is 11.3. The molecule has 2 heterocycles. The van der Waals surface area contributed by atoms with E-state index in [0.29, 0.717) is 18.9 Å². The number of ether oxygens (including phenoxy) is 1. The van der Waals surface area contributed by atoms with Gasteiger partial charge in [-0.2, -0.15) is 0 Å². The van der Waals surface area contributed by atoms with E-state index in [9.17, 15) is 4.39 Å². The van der Waals surface area contributed by atoms with Crippen LogP contribution in [0, 0.1) is 5.82 Å². The first-order valence-corrected chi connectivity index (χ1v) is 9.60. The second-order valence-electron chi connectivity index (χ2n) is 6.12. The smallest absolute Gasteiger partial charge is 0.191 e. The topological polar surface area (TPSA) is 55.7 Å². The fourth-order valence-electron chi connectivity index (χ4n) is 3.01. The molecule has 0 aliphatic rings. The molecule has 0 aliphatic carbocycles. The van der Waals surface area contributed by atoms with Crippen molar-refractivity contribution in [2.45, 2.75) is 17.5 Å². The summed E-state index contributed by atoms with van der Waals surface area (Å²) in [6.45, 7) is 1.20. The van der Waals surface area contributed by atoms with E-state index in [-0.39, 0.29) is 5.82 Å². The summed E-state index contributed by atoms with van der Waals surface area (Å²) in [5.41, 5.74) is 2.98. The molecule has 0 aliphatic heterocycles. The third kappa shape index (κ3) is 3.74. The van der Waals surface area contributed by atoms with Gasteiger partial charge < -0.3 is 9.72 Å². The molecule has 2 aromatic carbocycles. The Hall–Kier alpha value is -2.64. The molecule has 0 radical (unpaired) electrons. The maximum atomic E-state index is 13.4. The minimum Gasteiger partial charge on any atom is -0.383 e. The lowest BCUT2D eigenvalue weighted by atomic mass is 10.1. The van der Waals surface area contributed by atoms with Crippen LogP contribution in [0.5, 0.6) is 0 Å². The summed E-state index contributed by atoms with van der Waals surface area (Å²) in [7, 11) is 1.68. The van der Waals surface area contributed by atoms with E-state index >= 15 is 0 Å². The molecule has 7 heteroatoms. The number of methoxy groups -OCH3 is 1. The Kier molecular flexibility index (Phi) is 5.22. The lowest BCUT2D eigenvalue weighted by Gasteiger charge is -2.09. The van der Waals surface area contributed by atoms with Gasteiger partial charge in [0.15, 0.2) is 11.0 Å². The van der Waals surface area contributed by atoms with Gasteiger partial charge in [-0.05, 0) is 23.8 Å². The Morgan fingerprint density at radius 1 is 1.15 bits per heavy atom. The number of aromatic nitrogens is 4. The number of halogens is 1. The summed E-state index contributed by atoms with van der Waals surface area (Å²) in [4.78, 5) is 3.28. The number of aromatic amines is 1. The molecular formula is C20H19FN4OS. The summed E-state index contributed by atoms with van der Waals surface area (Å²) < 4.78 is 20.7. The van der Waals surface area contributed by atoms with Crippen molar-refractivity contribution in [3.05, 3.63) is 66.1 Å². The van der Waals surface area contributed by atoms with E-state index in [1.165, 1.54) is 17.8 Å². The van der Waals surface area contributed by atoms with Gasteiger partial charge in [0.2, 0.25) is 0 Å². The molecule has 138 valence electrons. The van der Waals surface area contributed by atoms with Crippen LogP contribution in [0.3, 0.4) is 0 Å². The highest BCUT2D eigenvalue weighted by Crippen LogP contribution is 2.31. The van der Waals surface area contributed by atoms with Crippen LogP contribution in [-0.4, -0.2) is 33.5 Å². The van der Waals surface area contributed by atoms with Crippen LogP contribution in [0.25, 0.3) is 22.3 Å². The van der Waals surface area contributed by atoms with Gasteiger partial charge in [-0.1, -0.05) is 42.1 Å². The van der Waals surface area contributed by atoms with E-state index in [2.05, 4.69) is 25.8 Å². The van der Waals surface area contributed by atoms with Crippen molar-refractivity contribution in [1.29, 1.82) is 0 Å². The number of H-pyrrole nitrogens is 1. The molecule has 0 atom stereocenters. The molecular weight excluding hydrogens is 363 g/mol. The summed E-state index contributed by atoms with van der Waals surface area (Å²) in [5.74, 6) is 1.19. The van der Waals surface area contributed by atoms with E-state index in [4.69, 9.17) is 4.74 Å². The van der Waals surface area contributed by atoms with Gasteiger partial charge in [-0.15, -0.1) is 10.2 Å². The van der Waals surface area contributed by atoms with Gasteiger partial charge in [-0.3, -0.25) is 4.57 Å². The molecule has 1 N–H and O–H groups in total. The minimum atomic E-state index is -0.228. The number of fused-ring (bicyclic) bond motifs is 1. The van der Waals surface area contributed by atoms with E-state index < -0.39 is 0 Å². The van der Waals surface area contributed by atoms with Gasteiger partial charge >= 0.3 is 0 Å². The second kappa shape index (κ2) is 7.94. The Bertz CT molecular complexity index is 1060. The fraction of sp³-hybridized carbons (Fsp3) is 0.200. The average molecular weight is 382 g/mol. The lowest BCUT2D eigenvalue weighted by Crippen LogP contribution is -2.07. The molecule has 0 saturated heterocycles. The molecule has 4 rings (SSSR count). The van der Waals surface area contributed by atoms with E-state index in [1.54, 1.807) is 19.2 Å². The third-order valence-corrected chi connectivity index (χ3v) is 5.36. The summed E-state index contributed by atoms with van der Waals surface area (Å²) in [6.07, 6.45) is 1.96. The minimum absolute atomic E-state index is 0.228. The first-order chi connectivity index (χ1) is 13.3.